The molecule has 0 spiro atoms. The van der Waals surface area contributed by atoms with Crippen LogP contribution in [-0.4, -0.2) is 67.7 Å². The number of fused-ring (bicyclic) bond motifs is 2. The zero-order valence-corrected chi connectivity index (χ0v) is 18.9. The van der Waals surface area contributed by atoms with Crippen molar-refractivity contribution in [2.24, 2.45) is 5.92 Å². The van der Waals surface area contributed by atoms with Crippen LogP contribution in [0.15, 0.2) is 18.5 Å². The number of halogens is 1. The Labute approximate surface area is 195 Å². The zero-order chi connectivity index (χ0) is 23.1. The molecule has 2 aliphatic rings. The van der Waals surface area contributed by atoms with E-state index in [9.17, 15) is 15.2 Å². The lowest BCUT2D eigenvalue weighted by Crippen LogP contribution is -2.28. The van der Waals surface area contributed by atoms with Gasteiger partial charge in [-0.15, -0.1) is 0 Å². The van der Waals surface area contributed by atoms with Gasteiger partial charge >= 0.3 is 0 Å². The predicted molar refractivity (Wildman–Crippen MR) is 120 cm³/mol. The second-order valence-electron chi connectivity index (χ2n) is 8.51. The number of nitriles is 1. The van der Waals surface area contributed by atoms with Gasteiger partial charge in [-0.05, 0) is 18.6 Å². The summed E-state index contributed by atoms with van der Waals surface area (Å²) in [6.07, 6.45) is 5.87. The Bertz CT molecular complexity index is 1260. The molecule has 10 nitrogen and oxygen atoms in total. The lowest BCUT2D eigenvalue weighted by molar-refractivity contribution is -0.119. The van der Waals surface area contributed by atoms with Crippen molar-refractivity contribution in [1.29, 1.82) is 5.26 Å². The van der Waals surface area contributed by atoms with Crippen molar-refractivity contribution in [3.63, 3.8) is 0 Å². The molecule has 1 saturated heterocycles. The first-order valence-corrected chi connectivity index (χ1v) is 11.3. The molecule has 11 heteroatoms. The van der Waals surface area contributed by atoms with Gasteiger partial charge in [-0.3, -0.25) is 9.48 Å². The molecule has 1 amide bonds. The third-order valence-corrected chi connectivity index (χ3v) is 6.71. The maximum Gasteiger partial charge on any atom is 0.220 e. The van der Waals surface area contributed by atoms with Gasteiger partial charge in [-0.2, -0.15) is 15.5 Å². The van der Waals surface area contributed by atoms with Crippen molar-refractivity contribution in [2.45, 2.75) is 32.4 Å². The predicted octanol–water partition coefficient (Wildman–Crippen LogP) is 1.37. The number of aliphatic hydroxyl groups is 1. The van der Waals surface area contributed by atoms with Crippen LogP contribution in [0.2, 0.25) is 5.02 Å². The third-order valence-electron chi connectivity index (χ3n) is 6.43. The summed E-state index contributed by atoms with van der Waals surface area (Å²) >= 11 is 6.37. The van der Waals surface area contributed by atoms with Crippen molar-refractivity contribution >= 4 is 23.0 Å². The second-order valence-corrected chi connectivity index (χ2v) is 8.91. The fraction of sp³-hybridized carbons (Fsp3) is 0.455. The van der Waals surface area contributed by atoms with Crippen molar-refractivity contribution in [3.8, 4) is 23.2 Å². The summed E-state index contributed by atoms with van der Waals surface area (Å²) < 4.78 is 9.63. The molecule has 3 aromatic rings. The molecule has 2 aliphatic heterocycles. The Morgan fingerprint density at radius 3 is 3.03 bits per heavy atom. The molecule has 5 rings (SSSR count). The largest absolute Gasteiger partial charge is 0.489 e. The molecule has 0 aliphatic carbocycles. The number of aliphatic hydroxyl groups excluding tert-OH is 1. The maximum absolute atomic E-state index is 11.5. The number of rotatable bonds is 5. The topological polar surface area (TPSA) is 121 Å². The monoisotopic (exact) mass is 469 g/mol. The molecular formula is C22H24ClN7O3. The molecule has 33 heavy (non-hydrogen) atoms. The summed E-state index contributed by atoms with van der Waals surface area (Å²) in [5.74, 6) is 0.246. The minimum Gasteiger partial charge on any atom is -0.489 e. The number of nitrogens with zero attached hydrogens (tertiary/aromatic N) is 6. The van der Waals surface area contributed by atoms with E-state index in [1.54, 1.807) is 15.6 Å². The van der Waals surface area contributed by atoms with Gasteiger partial charge in [0.25, 0.3) is 0 Å². The van der Waals surface area contributed by atoms with E-state index < -0.39 is 6.10 Å². The summed E-state index contributed by atoms with van der Waals surface area (Å²) in [6, 6.07) is 1.87. The van der Waals surface area contributed by atoms with E-state index >= 15 is 0 Å². The number of hydrogen-bond acceptors (Lipinski definition) is 7. The summed E-state index contributed by atoms with van der Waals surface area (Å²) in [5, 5.41) is 32.1. The summed E-state index contributed by atoms with van der Waals surface area (Å²) in [7, 11) is 0. The molecule has 1 fully saturated rings. The molecule has 3 aromatic heterocycles. The van der Waals surface area contributed by atoms with Gasteiger partial charge < -0.3 is 20.1 Å². The number of carbonyl (C=O) groups is 1. The molecule has 5 heterocycles. The van der Waals surface area contributed by atoms with Gasteiger partial charge in [0.1, 0.15) is 17.9 Å². The molecular weight excluding hydrogens is 446 g/mol. The number of pyridine rings is 1. The van der Waals surface area contributed by atoms with Gasteiger partial charge in [0.2, 0.25) is 5.91 Å². The number of carbonyl (C=O) groups excluding carboxylic acids is 1. The van der Waals surface area contributed by atoms with Crippen LogP contribution < -0.4 is 10.1 Å². The molecule has 2 unspecified atom stereocenters. The van der Waals surface area contributed by atoms with E-state index in [0.717, 1.165) is 28.9 Å². The molecule has 2 N–H and O–H groups in total. The quantitative estimate of drug-likeness (QED) is 0.541. The first kappa shape index (κ1) is 21.6. The standard InChI is InChI=1S/C22H24ClN7O3/c1-13-17-2-3-28(12-24)4-5-29(17)27-21(13)15-6-19(22-16(23)9-26-30(22)10-15)33-11-18(31)14-7-20(32)25-8-14/h6,9-10,14,18,31H,2-5,7-8,11H2,1H3,(H,25,32). The number of nitrogens with one attached hydrogen (secondary N) is 1. The average Bonchev–Trinajstić information content (AvgIpc) is 3.45. The van der Waals surface area contributed by atoms with Crippen LogP contribution in [0.1, 0.15) is 17.7 Å². The van der Waals surface area contributed by atoms with E-state index in [1.807, 2.05) is 23.9 Å². The lowest BCUT2D eigenvalue weighted by Gasteiger charge is -2.18. The summed E-state index contributed by atoms with van der Waals surface area (Å²) in [4.78, 5) is 13.2. The second kappa shape index (κ2) is 8.57. The van der Waals surface area contributed by atoms with Crippen LogP contribution in [0.3, 0.4) is 0 Å². The van der Waals surface area contributed by atoms with Crippen LogP contribution in [0.25, 0.3) is 16.8 Å². The van der Waals surface area contributed by atoms with Crippen LogP contribution in [-0.2, 0) is 17.8 Å². The van der Waals surface area contributed by atoms with Crippen molar-refractivity contribution in [2.75, 3.05) is 26.2 Å². The van der Waals surface area contributed by atoms with Crippen LogP contribution in [0.5, 0.6) is 5.75 Å². The van der Waals surface area contributed by atoms with E-state index in [1.165, 1.54) is 0 Å². The van der Waals surface area contributed by atoms with E-state index in [4.69, 9.17) is 21.4 Å². The van der Waals surface area contributed by atoms with Crippen molar-refractivity contribution in [3.05, 3.63) is 34.7 Å². The van der Waals surface area contributed by atoms with Gasteiger partial charge in [0.15, 0.2) is 6.19 Å². The molecule has 172 valence electrons. The molecule has 0 saturated carbocycles. The number of amides is 1. The van der Waals surface area contributed by atoms with Crippen LogP contribution in [0.4, 0.5) is 0 Å². The van der Waals surface area contributed by atoms with Crippen molar-refractivity contribution in [1.82, 2.24) is 29.6 Å². The Balaban J connectivity index is 1.46. The van der Waals surface area contributed by atoms with Gasteiger partial charge in [0.05, 0.1) is 29.6 Å². The first-order valence-electron chi connectivity index (χ1n) is 10.9. The molecule has 2 atom stereocenters. The Hall–Kier alpha value is -3.29. The molecule has 0 aromatic carbocycles. The zero-order valence-electron chi connectivity index (χ0n) is 18.2. The highest BCUT2D eigenvalue weighted by molar-refractivity contribution is 6.34. The molecule has 0 bridgehead atoms. The van der Waals surface area contributed by atoms with E-state index in [-0.39, 0.29) is 24.9 Å². The Kier molecular flexibility index (Phi) is 5.60. The highest BCUT2D eigenvalue weighted by Crippen LogP contribution is 2.34. The normalized spacial score (nSPS) is 19.2. The SMILES string of the molecule is Cc1c(-c2cc(OCC(O)C3CNC(=O)C3)c3c(Cl)cnn3c2)nn2c1CCN(C#N)CC2. The average molecular weight is 470 g/mol. The van der Waals surface area contributed by atoms with Crippen molar-refractivity contribution < 1.29 is 14.6 Å². The molecule has 0 radical (unpaired) electrons. The summed E-state index contributed by atoms with van der Waals surface area (Å²) in [5.41, 5.74) is 4.41. The van der Waals surface area contributed by atoms with Crippen LogP contribution in [0, 0.1) is 24.3 Å². The van der Waals surface area contributed by atoms with Gasteiger partial charge in [0, 0.05) is 55.8 Å². The number of ether oxygens (including phenoxy) is 1. The third kappa shape index (κ3) is 3.98. The number of aromatic nitrogens is 4. The van der Waals surface area contributed by atoms with Gasteiger partial charge in [-0.1, -0.05) is 11.6 Å². The summed E-state index contributed by atoms with van der Waals surface area (Å²) in [6.45, 7) is 4.44. The van der Waals surface area contributed by atoms with Gasteiger partial charge in [-0.25, -0.2) is 4.52 Å². The van der Waals surface area contributed by atoms with E-state index in [2.05, 4.69) is 16.6 Å². The van der Waals surface area contributed by atoms with Crippen LogP contribution >= 0.6 is 11.6 Å². The lowest BCUT2D eigenvalue weighted by atomic mass is 10.0. The fourth-order valence-electron chi connectivity index (χ4n) is 4.53. The maximum atomic E-state index is 11.5. The Morgan fingerprint density at radius 2 is 2.27 bits per heavy atom. The van der Waals surface area contributed by atoms with E-state index in [0.29, 0.717) is 42.5 Å². The number of hydrogen-bond donors (Lipinski definition) is 2. The highest BCUT2D eigenvalue weighted by atomic mass is 35.5. The minimum absolute atomic E-state index is 0.0307. The highest BCUT2D eigenvalue weighted by Gasteiger charge is 2.29. The Morgan fingerprint density at radius 1 is 1.42 bits per heavy atom. The minimum atomic E-state index is -0.789. The smallest absolute Gasteiger partial charge is 0.220 e. The fourth-order valence-corrected chi connectivity index (χ4v) is 4.75. The first-order chi connectivity index (χ1) is 15.9.